The van der Waals surface area contributed by atoms with Crippen molar-refractivity contribution in [3.8, 4) is 0 Å². The van der Waals surface area contributed by atoms with E-state index in [1.807, 2.05) is 13.8 Å². The summed E-state index contributed by atoms with van der Waals surface area (Å²) in [4.78, 5) is 25.4. The van der Waals surface area contributed by atoms with Gasteiger partial charge in [0.2, 0.25) is 0 Å². The van der Waals surface area contributed by atoms with Crippen molar-refractivity contribution in [2.75, 3.05) is 6.54 Å². The number of nitrogens with zero attached hydrogens (tertiary/aromatic N) is 1. The largest absolute Gasteiger partial charge is 0.480 e. The molecule has 2 rings (SSSR count). The molecule has 1 saturated heterocycles. The molecular formula is C15H17ClFNO3. The third-order valence-corrected chi connectivity index (χ3v) is 4.24. The lowest BCUT2D eigenvalue weighted by Gasteiger charge is -2.44. The maximum Gasteiger partial charge on any atom is 0.326 e. The fourth-order valence-electron chi connectivity index (χ4n) is 2.87. The Balaban J connectivity index is 2.35. The van der Waals surface area contributed by atoms with Crippen molar-refractivity contribution >= 4 is 23.5 Å². The van der Waals surface area contributed by atoms with Crippen LogP contribution >= 0.6 is 11.6 Å². The second-order valence-corrected chi connectivity index (χ2v) is 6.37. The molecule has 6 heteroatoms. The molecule has 1 N–H and O–H groups in total. The number of carbonyl (C=O) groups excluding carboxylic acids is 1. The molecule has 1 amide bonds. The number of carboxylic acid groups (broad SMARTS) is 1. The number of benzene rings is 1. The Labute approximate surface area is 127 Å². The molecule has 1 atom stereocenters. The van der Waals surface area contributed by atoms with Crippen LogP contribution in [0.1, 0.15) is 37.0 Å². The highest BCUT2D eigenvalue weighted by molar-refractivity contribution is 6.30. The highest BCUT2D eigenvalue weighted by Gasteiger charge is 2.44. The molecule has 114 valence electrons. The smallest absolute Gasteiger partial charge is 0.326 e. The predicted molar refractivity (Wildman–Crippen MR) is 76.9 cm³/mol. The molecule has 0 aliphatic carbocycles. The number of hydrogen-bond acceptors (Lipinski definition) is 2. The Bertz CT molecular complexity index is 588. The third kappa shape index (κ3) is 3.02. The van der Waals surface area contributed by atoms with Gasteiger partial charge in [0.25, 0.3) is 5.91 Å². The fourth-order valence-corrected chi connectivity index (χ4v) is 2.99. The van der Waals surface area contributed by atoms with Crippen molar-refractivity contribution < 1.29 is 19.1 Å². The van der Waals surface area contributed by atoms with Crippen molar-refractivity contribution in [1.29, 1.82) is 0 Å². The van der Waals surface area contributed by atoms with Crippen molar-refractivity contribution in [2.24, 2.45) is 5.41 Å². The van der Waals surface area contributed by atoms with Crippen LogP contribution in [0.25, 0.3) is 0 Å². The summed E-state index contributed by atoms with van der Waals surface area (Å²) in [7, 11) is 0. The average molecular weight is 314 g/mol. The van der Waals surface area contributed by atoms with Crippen molar-refractivity contribution in [2.45, 2.75) is 32.7 Å². The maximum absolute atomic E-state index is 13.5. The lowest BCUT2D eigenvalue weighted by Crippen LogP contribution is -2.56. The van der Waals surface area contributed by atoms with E-state index in [0.717, 1.165) is 18.9 Å². The van der Waals surface area contributed by atoms with Crippen LogP contribution in [-0.2, 0) is 4.79 Å². The highest BCUT2D eigenvalue weighted by atomic mass is 35.5. The Morgan fingerprint density at radius 2 is 2.10 bits per heavy atom. The van der Waals surface area contributed by atoms with E-state index < -0.39 is 29.2 Å². The lowest BCUT2D eigenvalue weighted by molar-refractivity contribution is -0.148. The second-order valence-electron chi connectivity index (χ2n) is 5.96. The number of halogens is 2. The predicted octanol–water partition coefficient (Wildman–Crippen LogP) is 3.19. The minimum atomic E-state index is -1.04. The van der Waals surface area contributed by atoms with Gasteiger partial charge in [0.15, 0.2) is 0 Å². The Morgan fingerprint density at radius 3 is 2.67 bits per heavy atom. The lowest BCUT2D eigenvalue weighted by atomic mass is 9.76. The molecule has 4 nitrogen and oxygen atoms in total. The van der Waals surface area contributed by atoms with Crippen molar-refractivity contribution in [3.63, 3.8) is 0 Å². The summed E-state index contributed by atoms with van der Waals surface area (Å²) in [5.74, 6) is -2.21. The molecule has 0 radical (unpaired) electrons. The van der Waals surface area contributed by atoms with Crippen LogP contribution in [0.3, 0.4) is 0 Å². The van der Waals surface area contributed by atoms with Gasteiger partial charge in [-0.2, -0.15) is 0 Å². The molecule has 1 fully saturated rings. The number of carboxylic acids is 1. The van der Waals surface area contributed by atoms with Crippen LogP contribution in [0, 0.1) is 11.2 Å². The number of carbonyl (C=O) groups is 2. The summed E-state index contributed by atoms with van der Waals surface area (Å²) in [6.45, 7) is 4.00. The standard InChI is InChI=1S/C15H17ClFNO3/c1-15(2)6-3-7-18(12(15)14(20)21)13(19)9-4-5-10(16)11(17)8-9/h4-5,8,12H,3,6-7H2,1-2H3,(H,20,21). The normalized spacial score (nSPS) is 21.1. The molecule has 21 heavy (non-hydrogen) atoms. The van der Waals surface area contributed by atoms with Gasteiger partial charge in [-0.1, -0.05) is 25.4 Å². The molecule has 1 heterocycles. The van der Waals surface area contributed by atoms with Gasteiger partial charge in [-0.25, -0.2) is 9.18 Å². The third-order valence-electron chi connectivity index (χ3n) is 3.93. The summed E-state index contributed by atoms with van der Waals surface area (Å²) in [6, 6.07) is 2.84. The molecule has 1 aliphatic rings. The first-order valence-corrected chi connectivity index (χ1v) is 7.10. The van der Waals surface area contributed by atoms with Gasteiger partial charge < -0.3 is 10.0 Å². The molecule has 1 aromatic carbocycles. The average Bonchev–Trinajstić information content (AvgIpc) is 2.39. The minimum Gasteiger partial charge on any atom is -0.480 e. The van der Waals surface area contributed by atoms with E-state index in [9.17, 15) is 19.1 Å². The van der Waals surface area contributed by atoms with Crippen LogP contribution in [0.5, 0.6) is 0 Å². The quantitative estimate of drug-likeness (QED) is 0.912. The number of rotatable bonds is 2. The highest BCUT2D eigenvalue weighted by Crippen LogP contribution is 2.36. The van der Waals surface area contributed by atoms with E-state index in [1.165, 1.54) is 17.0 Å². The molecule has 1 aliphatic heterocycles. The Kier molecular flexibility index (Phi) is 4.23. The summed E-state index contributed by atoms with van der Waals surface area (Å²) in [6.07, 6.45) is 1.45. The summed E-state index contributed by atoms with van der Waals surface area (Å²) in [5, 5.41) is 9.38. The van der Waals surface area contributed by atoms with Gasteiger partial charge in [0.05, 0.1) is 5.02 Å². The van der Waals surface area contributed by atoms with Gasteiger partial charge in [0.1, 0.15) is 11.9 Å². The zero-order valence-electron chi connectivity index (χ0n) is 11.9. The van der Waals surface area contributed by atoms with Crippen LogP contribution in [0.15, 0.2) is 18.2 Å². The summed E-state index contributed by atoms with van der Waals surface area (Å²) in [5.41, 5.74) is -0.411. The minimum absolute atomic E-state index is 0.0692. The van der Waals surface area contributed by atoms with Crippen LogP contribution in [0.2, 0.25) is 5.02 Å². The molecule has 0 aromatic heterocycles. The number of amides is 1. The first kappa shape index (κ1) is 15.8. The van der Waals surface area contributed by atoms with E-state index in [2.05, 4.69) is 0 Å². The van der Waals surface area contributed by atoms with E-state index in [4.69, 9.17) is 11.6 Å². The number of aliphatic carboxylic acids is 1. The van der Waals surface area contributed by atoms with E-state index in [1.54, 1.807) is 0 Å². The van der Waals surface area contributed by atoms with Gasteiger partial charge in [-0.05, 0) is 36.5 Å². The van der Waals surface area contributed by atoms with E-state index >= 15 is 0 Å². The first-order valence-electron chi connectivity index (χ1n) is 6.73. The van der Waals surface area contributed by atoms with E-state index in [-0.39, 0.29) is 10.6 Å². The molecule has 0 saturated carbocycles. The van der Waals surface area contributed by atoms with Crippen molar-refractivity contribution in [3.05, 3.63) is 34.6 Å². The van der Waals surface area contributed by atoms with E-state index in [0.29, 0.717) is 6.54 Å². The van der Waals surface area contributed by atoms with Crippen LogP contribution in [-0.4, -0.2) is 34.5 Å². The van der Waals surface area contributed by atoms with Gasteiger partial charge in [-0.3, -0.25) is 4.79 Å². The SMILES string of the molecule is CC1(C)CCCN(C(=O)c2ccc(Cl)c(F)c2)C1C(=O)O. The second kappa shape index (κ2) is 5.64. The number of hydrogen-bond donors (Lipinski definition) is 1. The van der Waals surface area contributed by atoms with Crippen LogP contribution < -0.4 is 0 Å². The van der Waals surface area contributed by atoms with Gasteiger partial charge in [-0.15, -0.1) is 0 Å². The maximum atomic E-state index is 13.5. The Hall–Kier alpha value is -1.62. The number of piperidine rings is 1. The molecule has 1 aromatic rings. The molecule has 1 unspecified atom stereocenters. The summed E-state index contributed by atoms with van der Waals surface area (Å²) >= 11 is 5.60. The molecule has 0 bridgehead atoms. The summed E-state index contributed by atoms with van der Waals surface area (Å²) < 4.78 is 13.5. The Morgan fingerprint density at radius 1 is 1.43 bits per heavy atom. The fraction of sp³-hybridized carbons (Fsp3) is 0.467. The zero-order valence-corrected chi connectivity index (χ0v) is 12.7. The molecular weight excluding hydrogens is 297 g/mol. The van der Waals surface area contributed by atoms with Gasteiger partial charge in [0, 0.05) is 12.1 Å². The topological polar surface area (TPSA) is 57.6 Å². The molecule has 0 spiro atoms. The van der Waals surface area contributed by atoms with Gasteiger partial charge >= 0.3 is 5.97 Å². The first-order chi connectivity index (χ1) is 9.74. The van der Waals surface area contributed by atoms with Crippen LogP contribution in [0.4, 0.5) is 4.39 Å². The number of likely N-dealkylation sites (tertiary alicyclic amines) is 1. The zero-order chi connectivity index (χ0) is 15.8. The monoisotopic (exact) mass is 313 g/mol. The van der Waals surface area contributed by atoms with Crippen molar-refractivity contribution in [1.82, 2.24) is 4.90 Å².